The normalized spacial score (nSPS) is 17.6. The van der Waals surface area contributed by atoms with Crippen molar-refractivity contribution in [3.8, 4) is 5.88 Å². The van der Waals surface area contributed by atoms with E-state index in [1.807, 2.05) is 0 Å². The van der Waals surface area contributed by atoms with E-state index < -0.39 is 17.8 Å². The fourth-order valence-electron chi connectivity index (χ4n) is 2.60. The third kappa shape index (κ3) is 4.22. The number of amides is 1. The number of benzene rings is 1. The van der Waals surface area contributed by atoms with Crippen LogP contribution in [-0.2, 0) is 6.18 Å². The Morgan fingerprint density at radius 1 is 1.24 bits per heavy atom. The van der Waals surface area contributed by atoms with Gasteiger partial charge >= 0.3 is 6.18 Å². The van der Waals surface area contributed by atoms with Gasteiger partial charge in [0.2, 0.25) is 5.88 Å². The molecule has 1 aromatic carbocycles. The van der Waals surface area contributed by atoms with Crippen molar-refractivity contribution in [2.24, 2.45) is 0 Å². The van der Waals surface area contributed by atoms with Crippen LogP contribution in [0.15, 0.2) is 42.6 Å². The highest BCUT2D eigenvalue weighted by Crippen LogP contribution is 2.31. The summed E-state index contributed by atoms with van der Waals surface area (Å²) in [7, 11) is 0. The minimum atomic E-state index is -4.45. The van der Waals surface area contributed by atoms with E-state index in [4.69, 9.17) is 16.3 Å². The molecule has 3 rings (SSSR count). The molecule has 2 heterocycles. The highest BCUT2D eigenvalue weighted by Gasteiger charge is 2.32. The van der Waals surface area contributed by atoms with Gasteiger partial charge in [0, 0.05) is 35.8 Å². The minimum Gasteiger partial charge on any atom is -0.472 e. The SMILES string of the molecule is O=C(c1ccc(Cl)cc1)N1CCC(Oc2cc(C(F)(F)F)ccn2)C1. The molecule has 1 aromatic heterocycles. The zero-order chi connectivity index (χ0) is 18.0. The summed E-state index contributed by atoms with van der Waals surface area (Å²) in [5, 5.41) is 0.537. The lowest BCUT2D eigenvalue weighted by atomic mass is 10.2. The summed E-state index contributed by atoms with van der Waals surface area (Å²) < 4.78 is 43.7. The molecule has 0 radical (unpaired) electrons. The number of hydrogen-bond acceptors (Lipinski definition) is 3. The molecule has 0 N–H and O–H groups in total. The number of likely N-dealkylation sites (tertiary alicyclic amines) is 1. The Hall–Kier alpha value is -2.28. The van der Waals surface area contributed by atoms with Crippen LogP contribution in [0.2, 0.25) is 5.02 Å². The molecule has 1 saturated heterocycles. The molecule has 0 spiro atoms. The van der Waals surface area contributed by atoms with Gasteiger partial charge in [-0.05, 0) is 30.3 Å². The number of alkyl halides is 3. The maximum Gasteiger partial charge on any atom is 0.416 e. The van der Waals surface area contributed by atoms with E-state index in [1.165, 1.54) is 0 Å². The van der Waals surface area contributed by atoms with Gasteiger partial charge in [-0.15, -0.1) is 0 Å². The molecule has 8 heteroatoms. The summed E-state index contributed by atoms with van der Waals surface area (Å²) in [4.78, 5) is 17.8. The quantitative estimate of drug-likeness (QED) is 0.818. The van der Waals surface area contributed by atoms with Crippen LogP contribution in [0.3, 0.4) is 0 Å². The fourth-order valence-corrected chi connectivity index (χ4v) is 2.73. The van der Waals surface area contributed by atoms with Gasteiger partial charge < -0.3 is 9.64 Å². The van der Waals surface area contributed by atoms with Crippen LogP contribution in [0.25, 0.3) is 0 Å². The zero-order valence-corrected chi connectivity index (χ0v) is 13.7. The number of aromatic nitrogens is 1. The Kier molecular flexibility index (Phi) is 4.85. The van der Waals surface area contributed by atoms with Gasteiger partial charge in [-0.2, -0.15) is 13.2 Å². The predicted molar refractivity (Wildman–Crippen MR) is 85.6 cm³/mol. The molecular formula is C17H14ClF3N2O2. The van der Waals surface area contributed by atoms with E-state index in [1.54, 1.807) is 29.2 Å². The van der Waals surface area contributed by atoms with Crippen molar-refractivity contribution >= 4 is 17.5 Å². The lowest BCUT2D eigenvalue weighted by Gasteiger charge is -2.17. The number of ether oxygens (including phenoxy) is 1. The van der Waals surface area contributed by atoms with E-state index in [0.29, 0.717) is 30.1 Å². The van der Waals surface area contributed by atoms with Crippen molar-refractivity contribution in [3.63, 3.8) is 0 Å². The monoisotopic (exact) mass is 370 g/mol. The number of pyridine rings is 1. The van der Waals surface area contributed by atoms with Crippen LogP contribution in [0.5, 0.6) is 5.88 Å². The Balaban J connectivity index is 1.63. The molecule has 1 unspecified atom stereocenters. The van der Waals surface area contributed by atoms with Gasteiger partial charge in [0.05, 0.1) is 12.1 Å². The molecular weight excluding hydrogens is 357 g/mol. The summed E-state index contributed by atoms with van der Waals surface area (Å²) in [6.45, 7) is 0.754. The fraction of sp³-hybridized carbons (Fsp3) is 0.294. The number of carbonyl (C=O) groups is 1. The van der Waals surface area contributed by atoms with Crippen LogP contribution in [-0.4, -0.2) is 35.0 Å². The van der Waals surface area contributed by atoms with Gasteiger partial charge in [-0.3, -0.25) is 4.79 Å². The molecule has 4 nitrogen and oxygen atoms in total. The van der Waals surface area contributed by atoms with Crippen molar-refractivity contribution < 1.29 is 22.7 Å². The van der Waals surface area contributed by atoms with Gasteiger partial charge in [-0.25, -0.2) is 4.98 Å². The second kappa shape index (κ2) is 6.92. The van der Waals surface area contributed by atoms with E-state index in [-0.39, 0.29) is 11.8 Å². The smallest absolute Gasteiger partial charge is 0.416 e. The van der Waals surface area contributed by atoms with Crippen molar-refractivity contribution in [1.29, 1.82) is 0 Å². The Morgan fingerprint density at radius 3 is 2.64 bits per heavy atom. The van der Waals surface area contributed by atoms with Crippen molar-refractivity contribution in [2.45, 2.75) is 18.7 Å². The third-order valence-corrected chi connectivity index (χ3v) is 4.12. The first-order chi connectivity index (χ1) is 11.8. The summed E-state index contributed by atoms with van der Waals surface area (Å²) in [6.07, 6.45) is -3.26. The molecule has 1 atom stereocenters. The Morgan fingerprint density at radius 2 is 1.96 bits per heavy atom. The number of halogens is 4. The van der Waals surface area contributed by atoms with Crippen LogP contribution in [0.1, 0.15) is 22.3 Å². The van der Waals surface area contributed by atoms with E-state index >= 15 is 0 Å². The van der Waals surface area contributed by atoms with Gasteiger partial charge in [0.1, 0.15) is 6.10 Å². The lowest BCUT2D eigenvalue weighted by Crippen LogP contribution is -2.31. The number of nitrogens with zero attached hydrogens (tertiary/aromatic N) is 2. The first-order valence-corrected chi connectivity index (χ1v) is 7.95. The molecule has 2 aromatic rings. The minimum absolute atomic E-state index is 0.0967. The molecule has 1 amide bonds. The van der Waals surface area contributed by atoms with Gasteiger partial charge in [0.15, 0.2) is 0 Å². The highest BCUT2D eigenvalue weighted by molar-refractivity contribution is 6.30. The van der Waals surface area contributed by atoms with E-state index in [2.05, 4.69) is 4.98 Å². The molecule has 1 fully saturated rings. The second-order valence-electron chi connectivity index (χ2n) is 5.67. The number of hydrogen-bond donors (Lipinski definition) is 0. The highest BCUT2D eigenvalue weighted by atomic mass is 35.5. The van der Waals surface area contributed by atoms with Gasteiger partial charge in [0.25, 0.3) is 5.91 Å². The summed E-state index contributed by atoms with van der Waals surface area (Å²) >= 11 is 5.80. The van der Waals surface area contributed by atoms with E-state index in [0.717, 1.165) is 18.3 Å². The van der Waals surface area contributed by atoms with Crippen molar-refractivity contribution in [2.75, 3.05) is 13.1 Å². The maximum atomic E-state index is 12.7. The van der Waals surface area contributed by atoms with E-state index in [9.17, 15) is 18.0 Å². The first-order valence-electron chi connectivity index (χ1n) is 7.57. The molecule has 25 heavy (non-hydrogen) atoms. The van der Waals surface area contributed by atoms with Gasteiger partial charge in [-0.1, -0.05) is 11.6 Å². The summed E-state index contributed by atoms with van der Waals surface area (Å²) in [5.74, 6) is -0.264. The molecule has 1 aliphatic rings. The topological polar surface area (TPSA) is 42.4 Å². The van der Waals surface area contributed by atoms with Crippen LogP contribution in [0, 0.1) is 0 Å². The predicted octanol–water partition coefficient (Wildman–Crippen LogP) is 4.05. The maximum absolute atomic E-state index is 12.7. The Bertz CT molecular complexity index is 765. The number of rotatable bonds is 3. The molecule has 0 aliphatic carbocycles. The second-order valence-corrected chi connectivity index (χ2v) is 6.10. The zero-order valence-electron chi connectivity index (χ0n) is 13.0. The number of carbonyl (C=O) groups excluding carboxylic acids is 1. The average Bonchev–Trinajstić information content (AvgIpc) is 3.03. The van der Waals surface area contributed by atoms with Crippen molar-refractivity contribution in [1.82, 2.24) is 9.88 Å². The third-order valence-electron chi connectivity index (χ3n) is 3.87. The van der Waals surface area contributed by atoms with Crippen molar-refractivity contribution in [3.05, 3.63) is 58.7 Å². The standard InChI is InChI=1S/C17H14ClF3N2O2/c18-13-3-1-11(2-4-13)16(24)23-8-6-14(10-23)25-15-9-12(5-7-22-15)17(19,20)21/h1-5,7,9,14H,6,8,10H2. The first kappa shape index (κ1) is 17.5. The summed E-state index contributed by atoms with van der Waals surface area (Å²) in [5.41, 5.74) is -0.313. The molecule has 132 valence electrons. The van der Waals surface area contributed by atoms with Crippen LogP contribution in [0.4, 0.5) is 13.2 Å². The molecule has 0 saturated carbocycles. The summed E-state index contributed by atoms with van der Waals surface area (Å²) in [6, 6.07) is 8.28. The largest absolute Gasteiger partial charge is 0.472 e. The average molecular weight is 371 g/mol. The molecule has 0 bridgehead atoms. The van der Waals surface area contributed by atoms with Crippen LogP contribution >= 0.6 is 11.6 Å². The molecule has 1 aliphatic heterocycles. The lowest BCUT2D eigenvalue weighted by molar-refractivity contribution is -0.137. The Labute approximate surface area is 147 Å². The van der Waals surface area contributed by atoms with Crippen LogP contribution < -0.4 is 4.74 Å².